The molecule has 146 valence electrons. The molecule has 1 atom stereocenters. The summed E-state index contributed by atoms with van der Waals surface area (Å²) in [6.45, 7) is 3.68. The molecule has 0 radical (unpaired) electrons. The third-order valence-electron chi connectivity index (χ3n) is 5.14. The number of benzene rings is 1. The summed E-state index contributed by atoms with van der Waals surface area (Å²) in [5.74, 6) is 1.64. The molecule has 0 bridgehead atoms. The van der Waals surface area contributed by atoms with Gasteiger partial charge in [-0.1, -0.05) is 0 Å². The van der Waals surface area contributed by atoms with Crippen molar-refractivity contribution < 1.29 is 4.79 Å². The van der Waals surface area contributed by atoms with Crippen LogP contribution in [-0.4, -0.2) is 41.8 Å². The highest BCUT2D eigenvalue weighted by Gasteiger charge is 2.30. The Morgan fingerprint density at radius 3 is 2.75 bits per heavy atom. The number of hydrogen-bond donors (Lipinski definition) is 1. The quantitative estimate of drug-likeness (QED) is 0.753. The van der Waals surface area contributed by atoms with Crippen molar-refractivity contribution in [2.75, 3.05) is 11.9 Å². The maximum Gasteiger partial charge on any atom is 0.322 e. The van der Waals surface area contributed by atoms with Crippen LogP contribution in [0.25, 0.3) is 11.4 Å². The van der Waals surface area contributed by atoms with Gasteiger partial charge >= 0.3 is 6.03 Å². The van der Waals surface area contributed by atoms with Crippen LogP contribution in [0.2, 0.25) is 0 Å². The molecule has 28 heavy (non-hydrogen) atoms. The number of imidazole rings is 1. The lowest BCUT2D eigenvalue weighted by molar-refractivity contribution is 0.157. The number of carbonyl (C=O) groups is 1. The number of aromatic nitrogens is 5. The van der Waals surface area contributed by atoms with E-state index >= 15 is 0 Å². The molecule has 3 heterocycles. The number of hydrogen-bond acceptors (Lipinski definition) is 4. The minimum atomic E-state index is -0.0842. The summed E-state index contributed by atoms with van der Waals surface area (Å²) in [6, 6.07) is 7.54. The van der Waals surface area contributed by atoms with Crippen molar-refractivity contribution in [3.63, 3.8) is 0 Å². The van der Waals surface area contributed by atoms with Gasteiger partial charge in [0, 0.05) is 43.8 Å². The number of likely N-dealkylation sites (tertiary alicyclic amines) is 1. The fourth-order valence-corrected chi connectivity index (χ4v) is 3.70. The second-order valence-corrected chi connectivity index (χ2v) is 7.03. The minimum Gasteiger partial charge on any atom is -0.333 e. The first-order valence-corrected chi connectivity index (χ1v) is 9.70. The highest BCUT2D eigenvalue weighted by Crippen LogP contribution is 2.30. The number of anilines is 1. The van der Waals surface area contributed by atoms with E-state index in [1.807, 2.05) is 48.6 Å². The Bertz CT molecular complexity index is 944. The molecule has 1 fully saturated rings. The Morgan fingerprint density at radius 1 is 1.21 bits per heavy atom. The lowest BCUT2D eigenvalue weighted by Crippen LogP contribution is -2.42. The standard InChI is InChI=1S/C20H25N7O/c1-3-26-13-11-21-19(26)17-6-4-5-12-27(17)20(28)23-16-9-7-15(8-10-16)18-22-14-25(2)24-18/h7-11,13-14,17H,3-6,12H2,1-2H3,(H,23,28). The molecule has 1 aliphatic rings. The summed E-state index contributed by atoms with van der Waals surface area (Å²) in [5, 5.41) is 7.33. The van der Waals surface area contributed by atoms with Crippen molar-refractivity contribution in [3.05, 3.63) is 48.8 Å². The van der Waals surface area contributed by atoms with Crippen molar-refractivity contribution in [2.45, 2.75) is 38.8 Å². The van der Waals surface area contributed by atoms with Gasteiger partial charge in [0.05, 0.1) is 6.04 Å². The minimum absolute atomic E-state index is 0.0145. The summed E-state index contributed by atoms with van der Waals surface area (Å²) in [7, 11) is 1.84. The van der Waals surface area contributed by atoms with Crippen LogP contribution in [0, 0.1) is 0 Å². The van der Waals surface area contributed by atoms with E-state index < -0.39 is 0 Å². The third kappa shape index (κ3) is 3.62. The summed E-state index contributed by atoms with van der Waals surface area (Å²) in [6.07, 6.45) is 8.52. The Balaban J connectivity index is 1.48. The van der Waals surface area contributed by atoms with Gasteiger partial charge in [0.15, 0.2) is 5.82 Å². The molecular formula is C20H25N7O. The highest BCUT2D eigenvalue weighted by molar-refractivity contribution is 5.90. The van der Waals surface area contributed by atoms with Crippen molar-refractivity contribution in [3.8, 4) is 11.4 Å². The zero-order valence-electron chi connectivity index (χ0n) is 16.2. The number of carbonyl (C=O) groups excluding carboxylic acids is 1. The molecule has 2 amide bonds. The maximum absolute atomic E-state index is 13.0. The molecule has 1 aromatic carbocycles. The maximum atomic E-state index is 13.0. The van der Waals surface area contributed by atoms with Crippen molar-refractivity contribution in [1.29, 1.82) is 0 Å². The third-order valence-corrected chi connectivity index (χ3v) is 5.14. The Hall–Kier alpha value is -3.16. The van der Waals surface area contributed by atoms with Gasteiger partial charge in [-0.05, 0) is 50.5 Å². The Labute approximate surface area is 164 Å². The average molecular weight is 379 g/mol. The first kappa shape index (κ1) is 18.2. The van der Waals surface area contributed by atoms with Gasteiger partial charge in [0.25, 0.3) is 0 Å². The largest absolute Gasteiger partial charge is 0.333 e. The smallest absolute Gasteiger partial charge is 0.322 e. The van der Waals surface area contributed by atoms with E-state index in [1.54, 1.807) is 11.0 Å². The van der Waals surface area contributed by atoms with Crippen LogP contribution in [0.5, 0.6) is 0 Å². The summed E-state index contributed by atoms with van der Waals surface area (Å²) in [4.78, 5) is 23.7. The van der Waals surface area contributed by atoms with E-state index in [-0.39, 0.29) is 12.1 Å². The van der Waals surface area contributed by atoms with Crippen LogP contribution in [0.4, 0.5) is 10.5 Å². The highest BCUT2D eigenvalue weighted by atomic mass is 16.2. The van der Waals surface area contributed by atoms with Crippen LogP contribution in [0.1, 0.15) is 38.1 Å². The van der Waals surface area contributed by atoms with E-state index in [0.29, 0.717) is 5.82 Å². The molecule has 1 aliphatic heterocycles. The number of nitrogens with zero attached hydrogens (tertiary/aromatic N) is 6. The van der Waals surface area contributed by atoms with Crippen LogP contribution < -0.4 is 5.32 Å². The fraction of sp³-hybridized carbons (Fsp3) is 0.400. The van der Waals surface area contributed by atoms with Gasteiger partial charge in [-0.3, -0.25) is 4.68 Å². The van der Waals surface area contributed by atoms with E-state index in [0.717, 1.165) is 49.4 Å². The monoisotopic (exact) mass is 379 g/mol. The molecule has 8 heteroatoms. The predicted octanol–water partition coefficient (Wildman–Crippen LogP) is 3.46. The van der Waals surface area contributed by atoms with Gasteiger partial charge in [-0.2, -0.15) is 5.10 Å². The fourth-order valence-electron chi connectivity index (χ4n) is 3.70. The molecule has 0 aliphatic carbocycles. The van der Waals surface area contributed by atoms with Gasteiger partial charge in [0.2, 0.25) is 0 Å². The van der Waals surface area contributed by atoms with Crippen LogP contribution in [0.3, 0.4) is 0 Å². The molecule has 1 unspecified atom stereocenters. The zero-order chi connectivity index (χ0) is 19.5. The Kier molecular flexibility index (Phi) is 5.10. The second-order valence-electron chi connectivity index (χ2n) is 7.03. The number of urea groups is 1. The number of piperidine rings is 1. The van der Waals surface area contributed by atoms with Gasteiger partial charge in [-0.15, -0.1) is 0 Å². The van der Waals surface area contributed by atoms with Gasteiger partial charge in [0.1, 0.15) is 12.2 Å². The molecule has 4 rings (SSSR count). The number of amides is 2. The predicted molar refractivity (Wildman–Crippen MR) is 107 cm³/mol. The normalized spacial score (nSPS) is 16.9. The zero-order valence-corrected chi connectivity index (χ0v) is 16.2. The SMILES string of the molecule is CCn1ccnc1C1CCCCN1C(=O)Nc1ccc(-c2ncn(C)n2)cc1. The lowest BCUT2D eigenvalue weighted by atomic mass is 10.0. The molecule has 1 saturated heterocycles. The molecule has 8 nitrogen and oxygen atoms in total. The molecule has 3 aromatic rings. The van der Waals surface area contributed by atoms with Gasteiger partial charge in [-0.25, -0.2) is 14.8 Å². The average Bonchev–Trinajstić information content (AvgIpc) is 3.37. The van der Waals surface area contributed by atoms with Crippen molar-refractivity contribution in [1.82, 2.24) is 29.2 Å². The van der Waals surface area contributed by atoms with Crippen LogP contribution >= 0.6 is 0 Å². The summed E-state index contributed by atoms with van der Waals surface area (Å²) >= 11 is 0. The number of rotatable bonds is 4. The molecular weight excluding hydrogens is 354 g/mol. The summed E-state index contributed by atoms with van der Waals surface area (Å²) < 4.78 is 3.78. The number of nitrogens with one attached hydrogen (secondary N) is 1. The van der Waals surface area contributed by atoms with Crippen molar-refractivity contribution in [2.24, 2.45) is 7.05 Å². The lowest BCUT2D eigenvalue weighted by Gasteiger charge is -2.35. The molecule has 2 aromatic heterocycles. The van der Waals surface area contributed by atoms with Crippen LogP contribution in [-0.2, 0) is 13.6 Å². The molecule has 1 N–H and O–H groups in total. The molecule has 0 spiro atoms. The van der Waals surface area contributed by atoms with E-state index in [1.165, 1.54) is 0 Å². The van der Waals surface area contributed by atoms with Crippen LogP contribution in [0.15, 0.2) is 43.0 Å². The van der Waals surface area contributed by atoms with E-state index in [9.17, 15) is 4.79 Å². The first-order valence-electron chi connectivity index (χ1n) is 9.70. The Morgan fingerprint density at radius 2 is 2.04 bits per heavy atom. The second kappa shape index (κ2) is 7.84. The first-order chi connectivity index (χ1) is 13.7. The number of aryl methyl sites for hydroxylation is 2. The van der Waals surface area contributed by atoms with E-state index in [2.05, 4.69) is 31.9 Å². The van der Waals surface area contributed by atoms with Crippen molar-refractivity contribution >= 4 is 11.7 Å². The van der Waals surface area contributed by atoms with E-state index in [4.69, 9.17) is 0 Å². The summed E-state index contributed by atoms with van der Waals surface area (Å²) in [5.41, 5.74) is 1.67. The topological polar surface area (TPSA) is 80.9 Å². The molecule has 0 saturated carbocycles. The van der Waals surface area contributed by atoms with Gasteiger partial charge < -0.3 is 14.8 Å².